The molecule has 0 heterocycles. The Morgan fingerprint density at radius 1 is 1.18 bits per heavy atom. The molecule has 0 fully saturated rings. The molecule has 1 nitrogen and oxygen atoms in total. The summed E-state index contributed by atoms with van der Waals surface area (Å²) in [7, 11) is 0. The van der Waals surface area contributed by atoms with Crippen LogP contribution in [0.4, 0.5) is 0 Å². The molecule has 1 aromatic carbocycles. The van der Waals surface area contributed by atoms with Crippen molar-refractivity contribution in [3.05, 3.63) is 53.6 Å². The highest BCUT2D eigenvalue weighted by atomic mass is 16.1. The Bertz CT molecular complexity index is 424. The molecule has 0 N–H and O–H groups in total. The minimum Gasteiger partial charge on any atom is -0.289 e. The number of carbonyl (C=O) groups excluding carboxylic acids is 1. The summed E-state index contributed by atoms with van der Waals surface area (Å²) >= 11 is 0. The zero-order valence-electron chi connectivity index (χ0n) is 10.9. The van der Waals surface area contributed by atoms with E-state index in [1.165, 1.54) is 0 Å². The van der Waals surface area contributed by atoms with Gasteiger partial charge in [-0.05, 0) is 30.9 Å². The van der Waals surface area contributed by atoms with Crippen molar-refractivity contribution in [2.24, 2.45) is 0 Å². The molecular weight excluding hydrogens is 208 g/mol. The zero-order valence-corrected chi connectivity index (χ0v) is 10.9. The number of benzene rings is 1. The first-order chi connectivity index (χ1) is 8.24. The van der Waals surface area contributed by atoms with Crippen molar-refractivity contribution < 1.29 is 4.79 Å². The first-order valence-electron chi connectivity index (χ1n) is 6.20. The van der Waals surface area contributed by atoms with Crippen LogP contribution in [0.25, 0.3) is 5.57 Å². The molecule has 0 spiro atoms. The summed E-state index contributed by atoms with van der Waals surface area (Å²) < 4.78 is 0. The van der Waals surface area contributed by atoms with Gasteiger partial charge in [0.25, 0.3) is 0 Å². The first-order valence-corrected chi connectivity index (χ1v) is 6.20. The predicted molar refractivity (Wildman–Crippen MR) is 73.8 cm³/mol. The number of carbonyl (C=O) groups is 1. The van der Waals surface area contributed by atoms with Gasteiger partial charge in [0, 0.05) is 5.57 Å². The third kappa shape index (κ3) is 3.42. The van der Waals surface area contributed by atoms with E-state index in [0.717, 1.165) is 29.6 Å². The SMILES string of the molecule is C/C=C(\C(=O)/C(=C/CC)CC)c1ccccc1. The topological polar surface area (TPSA) is 17.1 Å². The maximum Gasteiger partial charge on any atom is 0.188 e. The average molecular weight is 228 g/mol. The third-order valence-corrected chi connectivity index (χ3v) is 2.74. The van der Waals surface area contributed by atoms with Crippen LogP contribution in [-0.4, -0.2) is 5.78 Å². The zero-order chi connectivity index (χ0) is 12.7. The van der Waals surface area contributed by atoms with Crippen LogP contribution in [0.5, 0.6) is 0 Å². The summed E-state index contributed by atoms with van der Waals surface area (Å²) in [5.41, 5.74) is 2.70. The second kappa shape index (κ2) is 6.85. The average Bonchev–Trinajstić information content (AvgIpc) is 2.38. The summed E-state index contributed by atoms with van der Waals surface area (Å²) in [4.78, 5) is 12.4. The molecule has 0 bridgehead atoms. The molecule has 0 aromatic heterocycles. The van der Waals surface area contributed by atoms with Gasteiger partial charge < -0.3 is 0 Å². The quantitative estimate of drug-likeness (QED) is 0.682. The number of hydrogen-bond acceptors (Lipinski definition) is 1. The standard InChI is InChI=1S/C16H20O/c1-4-10-13(5-2)16(17)15(6-3)14-11-8-7-9-12-14/h6-12H,4-5H2,1-3H3/b13-10+,15-6-. The molecule has 0 aliphatic rings. The maximum atomic E-state index is 12.4. The number of Topliss-reactive ketones (excluding diaryl/α,β-unsaturated/α-hetero) is 1. The molecule has 90 valence electrons. The van der Waals surface area contributed by atoms with Gasteiger partial charge in [0.1, 0.15) is 0 Å². The van der Waals surface area contributed by atoms with E-state index in [-0.39, 0.29) is 5.78 Å². The van der Waals surface area contributed by atoms with Gasteiger partial charge in [-0.15, -0.1) is 0 Å². The van der Waals surface area contributed by atoms with E-state index in [4.69, 9.17) is 0 Å². The maximum absolute atomic E-state index is 12.4. The molecule has 0 unspecified atom stereocenters. The van der Waals surface area contributed by atoms with Gasteiger partial charge in [-0.25, -0.2) is 0 Å². The Labute approximate surface area is 104 Å². The highest BCUT2D eigenvalue weighted by molar-refractivity contribution is 6.28. The lowest BCUT2D eigenvalue weighted by Gasteiger charge is -2.08. The lowest BCUT2D eigenvalue weighted by atomic mass is 9.95. The van der Waals surface area contributed by atoms with Gasteiger partial charge in [-0.2, -0.15) is 0 Å². The van der Waals surface area contributed by atoms with Crippen LogP contribution in [0.15, 0.2) is 48.1 Å². The summed E-state index contributed by atoms with van der Waals surface area (Å²) in [6, 6.07) is 9.84. The number of rotatable bonds is 5. The van der Waals surface area contributed by atoms with E-state index in [9.17, 15) is 4.79 Å². The van der Waals surface area contributed by atoms with Gasteiger partial charge in [0.05, 0.1) is 0 Å². The molecule has 0 atom stereocenters. The van der Waals surface area contributed by atoms with Crippen LogP contribution in [0.3, 0.4) is 0 Å². The largest absolute Gasteiger partial charge is 0.289 e. The number of allylic oxidation sites excluding steroid dienone is 4. The second-order valence-corrected chi connectivity index (χ2v) is 3.89. The first kappa shape index (κ1) is 13.4. The van der Waals surface area contributed by atoms with E-state index in [1.54, 1.807) is 0 Å². The van der Waals surface area contributed by atoms with Crippen molar-refractivity contribution in [1.29, 1.82) is 0 Å². The van der Waals surface area contributed by atoms with Crippen LogP contribution in [0.2, 0.25) is 0 Å². The molecule has 0 aliphatic carbocycles. The fourth-order valence-electron chi connectivity index (χ4n) is 1.86. The van der Waals surface area contributed by atoms with Crippen LogP contribution in [-0.2, 0) is 4.79 Å². The monoisotopic (exact) mass is 228 g/mol. The highest BCUT2D eigenvalue weighted by Gasteiger charge is 2.13. The van der Waals surface area contributed by atoms with Gasteiger partial charge in [0.15, 0.2) is 5.78 Å². The third-order valence-electron chi connectivity index (χ3n) is 2.74. The Morgan fingerprint density at radius 2 is 1.82 bits per heavy atom. The van der Waals surface area contributed by atoms with E-state index in [2.05, 4.69) is 6.92 Å². The number of hydrogen-bond donors (Lipinski definition) is 0. The van der Waals surface area contributed by atoms with E-state index >= 15 is 0 Å². The minimum atomic E-state index is 0.156. The molecule has 0 aliphatic heterocycles. The molecule has 1 aromatic rings. The lowest BCUT2D eigenvalue weighted by molar-refractivity contribution is -0.110. The molecular formula is C16H20O. The van der Waals surface area contributed by atoms with Crippen LogP contribution in [0.1, 0.15) is 39.2 Å². The smallest absolute Gasteiger partial charge is 0.188 e. The molecule has 0 radical (unpaired) electrons. The summed E-state index contributed by atoms with van der Waals surface area (Å²) in [6.45, 7) is 6.00. The van der Waals surface area contributed by atoms with Gasteiger partial charge in [0.2, 0.25) is 0 Å². The van der Waals surface area contributed by atoms with Crippen molar-refractivity contribution in [2.75, 3.05) is 0 Å². The van der Waals surface area contributed by atoms with Crippen molar-refractivity contribution in [1.82, 2.24) is 0 Å². The van der Waals surface area contributed by atoms with E-state index < -0.39 is 0 Å². The van der Waals surface area contributed by atoms with Crippen molar-refractivity contribution >= 4 is 11.4 Å². The van der Waals surface area contributed by atoms with Crippen molar-refractivity contribution in [3.8, 4) is 0 Å². The number of ketones is 1. The molecule has 17 heavy (non-hydrogen) atoms. The van der Waals surface area contributed by atoms with Crippen LogP contribution in [0, 0.1) is 0 Å². The van der Waals surface area contributed by atoms with Crippen LogP contribution >= 0.6 is 0 Å². The summed E-state index contributed by atoms with van der Waals surface area (Å²) in [6.07, 6.45) is 5.61. The fourth-order valence-corrected chi connectivity index (χ4v) is 1.86. The van der Waals surface area contributed by atoms with Gasteiger partial charge in [-0.3, -0.25) is 4.79 Å². The van der Waals surface area contributed by atoms with E-state index in [0.29, 0.717) is 0 Å². The Balaban J connectivity index is 3.05. The Morgan fingerprint density at radius 3 is 2.29 bits per heavy atom. The Hall–Kier alpha value is -1.63. The van der Waals surface area contributed by atoms with Crippen molar-refractivity contribution in [2.45, 2.75) is 33.6 Å². The lowest BCUT2D eigenvalue weighted by Crippen LogP contribution is -2.05. The highest BCUT2D eigenvalue weighted by Crippen LogP contribution is 2.20. The molecule has 0 amide bonds. The predicted octanol–water partition coefficient (Wildman–Crippen LogP) is 4.41. The summed E-state index contributed by atoms with van der Waals surface area (Å²) in [5, 5.41) is 0. The van der Waals surface area contributed by atoms with E-state index in [1.807, 2.05) is 56.3 Å². The van der Waals surface area contributed by atoms with Crippen molar-refractivity contribution in [3.63, 3.8) is 0 Å². The van der Waals surface area contributed by atoms with Crippen LogP contribution < -0.4 is 0 Å². The Kier molecular flexibility index (Phi) is 5.41. The molecule has 0 saturated heterocycles. The minimum absolute atomic E-state index is 0.156. The molecule has 1 rings (SSSR count). The normalized spacial score (nSPS) is 12.6. The molecule has 0 saturated carbocycles. The van der Waals surface area contributed by atoms with Gasteiger partial charge >= 0.3 is 0 Å². The van der Waals surface area contributed by atoms with Gasteiger partial charge in [-0.1, -0.05) is 56.3 Å². The second-order valence-electron chi connectivity index (χ2n) is 3.89. The summed E-state index contributed by atoms with van der Waals surface area (Å²) in [5.74, 6) is 0.156. The fraction of sp³-hybridized carbons (Fsp3) is 0.312. The molecule has 1 heteroatoms.